The van der Waals surface area contributed by atoms with E-state index in [1.165, 1.54) is 109 Å². The van der Waals surface area contributed by atoms with E-state index in [0.717, 1.165) is 57.8 Å². The van der Waals surface area contributed by atoms with Gasteiger partial charge in [0.05, 0.1) is 41.0 Å². The van der Waals surface area contributed by atoms with E-state index in [9.17, 15) is 14.3 Å². The van der Waals surface area contributed by atoms with Crippen LogP contribution in [-0.2, 0) is 27.9 Å². The fourth-order valence-electron chi connectivity index (χ4n) is 6.59. The van der Waals surface area contributed by atoms with Gasteiger partial charge in [0, 0.05) is 6.42 Å². The quantitative estimate of drug-likeness (QED) is 0.0214. The van der Waals surface area contributed by atoms with Crippen molar-refractivity contribution in [2.75, 3.05) is 54.1 Å². The van der Waals surface area contributed by atoms with E-state index in [0.29, 0.717) is 30.5 Å². The zero-order valence-electron chi connectivity index (χ0n) is 41.3. The van der Waals surface area contributed by atoms with Gasteiger partial charge in [0.15, 0.2) is 0 Å². The number of carbonyl (C=O) groups is 1. The highest BCUT2D eigenvalue weighted by molar-refractivity contribution is 7.47. The van der Waals surface area contributed by atoms with Gasteiger partial charge in [-0.25, -0.2) is 4.57 Å². The summed E-state index contributed by atoms with van der Waals surface area (Å²) < 4.78 is 35.0. The van der Waals surface area contributed by atoms with Crippen molar-refractivity contribution in [2.45, 2.75) is 200 Å². The molecular weight excluding hydrogens is 806 g/mol. The molecule has 0 aliphatic carbocycles. The first kappa shape index (κ1) is 60.7. The Morgan fingerprint density at radius 1 is 0.508 bits per heavy atom. The van der Waals surface area contributed by atoms with Crippen molar-refractivity contribution in [3.63, 3.8) is 0 Å². The minimum atomic E-state index is -4.30. The van der Waals surface area contributed by atoms with Gasteiger partial charge in [0.1, 0.15) is 19.3 Å². The fourth-order valence-corrected chi connectivity index (χ4v) is 7.33. The molecule has 0 heterocycles. The highest BCUT2D eigenvalue weighted by atomic mass is 31.2. The van der Waals surface area contributed by atoms with Crippen LogP contribution in [0.5, 0.6) is 0 Å². The largest absolute Gasteiger partial charge is 0.472 e. The summed E-state index contributed by atoms with van der Waals surface area (Å²) in [7, 11) is 1.61. The average molecular weight is 903 g/mol. The van der Waals surface area contributed by atoms with Crippen LogP contribution in [0, 0.1) is 0 Å². The number of allylic oxidation sites excluding steroid dienone is 13. The topological polar surface area (TPSA) is 91.3 Å². The van der Waals surface area contributed by atoms with Gasteiger partial charge in [-0.1, -0.05) is 195 Å². The number of unbranched alkanes of at least 4 members (excludes halogenated alkanes) is 18. The zero-order chi connectivity index (χ0) is 46.2. The van der Waals surface area contributed by atoms with Crippen LogP contribution in [0.15, 0.2) is 85.1 Å². The Morgan fingerprint density at radius 3 is 1.38 bits per heavy atom. The minimum absolute atomic E-state index is 0.0715. The van der Waals surface area contributed by atoms with E-state index in [2.05, 4.69) is 98.9 Å². The van der Waals surface area contributed by atoms with Crippen LogP contribution in [0.2, 0.25) is 0 Å². The van der Waals surface area contributed by atoms with Crippen molar-refractivity contribution in [3.8, 4) is 0 Å². The third-order valence-electron chi connectivity index (χ3n) is 10.5. The molecule has 0 spiro atoms. The molecule has 0 radical (unpaired) electrons. The maximum absolute atomic E-state index is 12.8. The number of likely N-dealkylation sites (N-methyl/N-ethyl adjacent to an activating group) is 1. The molecule has 0 aliphatic rings. The highest BCUT2D eigenvalue weighted by Crippen LogP contribution is 2.43. The highest BCUT2D eigenvalue weighted by Gasteiger charge is 2.26. The summed E-state index contributed by atoms with van der Waals surface area (Å²) in [4.78, 5) is 23.0. The maximum atomic E-state index is 12.8. The van der Waals surface area contributed by atoms with Crippen molar-refractivity contribution in [1.29, 1.82) is 0 Å². The van der Waals surface area contributed by atoms with Crippen LogP contribution >= 0.6 is 7.82 Å². The SMILES string of the molecule is CC/C=C\C/C=C\C/C=C\C/C=C\C/C=C\CCOCC(COP(=O)(O)OCC[N+](C)(C)C)OC(=O)CCCCCCCCCCCCCCC/C=C\C/C=C\CCCCCCC. The second kappa shape index (κ2) is 46.2. The number of hydrogen-bond acceptors (Lipinski definition) is 6. The molecule has 2 atom stereocenters. The maximum Gasteiger partial charge on any atom is 0.472 e. The van der Waals surface area contributed by atoms with Gasteiger partial charge >= 0.3 is 13.8 Å². The molecule has 9 heteroatoms. The first-order valence-corrected chi connectivity index (χ1v) is 26.8. The standard InChI is InChI=1S/C54H96NO7P/c1-6-8-10-12-14-16-18-20-22-24-25-26-27-28-29-30-31-32-33-35-37-39-41-43-45-47-54(56)62-53(52-61-63(57,58)60-50-48-55(3,4)5)51-59-49-46-44-42-40-38-36-34-23-21-19-17-15-13-11-9-7-2/h9,11,15,17-18,20-21,23-25,36,38,42,44,53H,6-8,10,12-14,16,19,22,26-35,37,39-41,43,45-52H2,1-5H3/p+1/b11-9-,17-15-,20-18-,23-21-,25-24-,38-36-,44-42-. The molecular formula is C54H97NO7P+. The Labute approximate surface area is 388 Å². The van der Waals surface area contributed by atoms with E-state index in [-0.39, 0.29) is 25.8 Å². The van der Waals surface area contributed by atoms with Crippen LogP contribution < -0.4 is 0 Å². The smallest absolute Gasteiger partial charge is 0.457 e. The van der Waals surface area contributed by atoms with Gasteiger partial charge in [-0.15, -0.1) is 0 Å². The van der Waals surface area contributed by atoms with Crippen LogP contribution in [0.25, 0.3) is 0 Å². The van der Waals surface area contributed by atoms with Crippen molar-refractivity contribution in [3.05, 3.63) is 85.1 Å². The van der Waals surface area contributed by atoms with Gasteiger partial charge in [-0.2, -0.15) is 0 Å². The van der Waals surface area contributed by atoms with Crippen LogP contribution in [0.4, 0.5) is 0 Å². The van der Waals surface area contributed by atoms with Crippen LogP contribution in [0.3, 0.4) is 0 Å². The summed E-state index contributed by atoms with van der Waals surface area (Å²) in [6.45, 7) is 5.26. The molecule has 0 saturated heterocycles. The van der Waals surface area contributed by atoms with Crippen molar-refractivity contribution in [1.82, 2.24) is 0 Å². The van der Waals surface area contributed by atoms with E-state index < -0.39 is 13.9 Å². The molecule has 0 aliphatic heterocycles. The van der Waals surface area contributed by atoms with Gasteiger partial charge in [0.25, 0.3) is 0 Å². The first-order valence-electron chi connectivity index (χ1n) is 25.3. The monoisotopic (exact) mass is 903 g/mol. The lowest BCUT2D eigenvalue weighted by Gasteiger charge is -2.24. The third-order valence-corrected chi connectivity index (χ3v) is 11.4. The lowest BCUT2D eigenvalue weighted by molar-refractivity contribution is -0.870. The second-order valence-electron chi connectivity index (χ2n) is 17.8. The Kier molecular flexibility index (Phi) is 44.5. The summed E-state index contributed by atoms with van der Waals surface area (Å²) in [6, 6.07) is 0. The number of esters is 1. The molecule has 0 fully saturated rings. The number of hydrogen-bond donors (Lipinski definition) is 1. The van der Waals surface area contributed by atoms with Crippen LogP contribution in [0.1, 0.15) is 194 Å². The van der Waals surface area contributed by atoms with Gasteiger partial charge in [0.2, 0.25) is 0 Å². The molecule has 8 nitrogen and oxygen atoms in total. The third kappa shape index (κ3) is 50.5. The molecule has 0 rings (SSSR count). The van der Waals surface area contributed by atoms with Crippen molar-refractivity contribution < 1.29 is 37.3 Å². The number of quaternary nitrogens is 1. The van der Waals surface area contributed by atoms with E-state index in [1.54, 1.807) is 0 Å². The predicted octanol–water partition coefficient (Wildman–Crippen LogP) is 15.6. The Balaban J connectivity index is 4.20. The van der Waals surface area contributed by atoms with Crippen LogP contribution in [-0.4, -0.2) is 75.6 Å². The number of carbonyl (C=O) groups excluding carboxylic acids is 1. The summed E-state index contributed by atoms with van der Waals surface area (Å²) >= 11 is 0. The Hall–Kier alpha value is -2.32. The molecule has 364 valence electrons. The van der Waals surface area contributed by atoms with E-state index in [4.69, 9.17) is 18.5 Å². The molecule has 0 saturated carbocycles. The number of phosphoric acid groups is 1. The summed E-state index contributed by atoms with van der Waals surface area (Å²) in [5, 5.41) is 0. The number of phosphoric ester groups is 1. The van der Waals surface area contributed by atoms with E-state index >= 15 is 0 Å². The lowest BCUT2D eigenvalue weighted by atomic mass is 10.0. The van der Waals surface area contributed by atoms with Gasteiger partial charge in [-0.05, 0) is 77.0 Å². The first-order chi connectivity index (χ1) is 30.6. The van der Waals surface area contributed by atoms with Gasteiger partial charge in [-0.3, -0.25) is 13.8 Å². The molecule has 0 aromatic heterocycles. The fraction of sp³-hybridized carbons (Fsp3) is 0.722. The zero-order valence-corrected chi connectivity index (χ0v) is 42.2. The van der Waals surface area contributed by atoms with Crippen molar-refractivity contribution in [2.24, 2.45) is 0 Å². The summed E-state index contributed by atoms with van der Waals surface area (Å²) in [5.41, 5.74) is 0. The molecule has 0 bridgehead atoms. The Bertz CT molecular complexity index is 1280. The normalized spacial score (nSPS) is 14.3. The lowest BCUT2D eigenvalue weighted by Crippen LogP contribution is -2.37. The van der Waals surface area contributed by atoms with Gasteiger partial charge < -0.3 is 18.9 Å². The molecule has 2 unspecified atom stereocenters. The molecule has 0 amide bonds. The second-order valence-corrected chi connectivity index (χ2v) is 19.3. The molecule has 0 aromatic carbocycles. The number of rotatable bonds is 46. The summed E-state index contributed by atoms with van der Waals surface area (Å²) in [6.07, 6.45) is 62.3. The number of ether oxygens (including phenoxy) is 2. The minimum Gasteiger partial charge on any atom is -0.457 e. The molecule has 1 N–H and O–H groups in total. The summed E-state index contributed by atoms with van der Waals surface area (Å²) in [5.74, 6) is -0.341. The predicted molar refractivity (Wildman–Crippen MR) is 270 cm³/mol. The molecule has 0 aromatic rings. The number of nitrogens with zero attached hydrogens (tertiary/aromatic N) is 1. The van der Waals surface area contributed by atoms with E-state index in [1.807, 2.05) is 21.1 Å². The van der Waals surface area contributed by atoms with Crippen molar-refractivity contribution >= 4 is 13.8 Å². The average Bonchev–Trinajstić information content (AvgIpc) is 3.24. The Morgan fingerprint density at radius 2 is 0.921 bits per heavy atom. The molecule has 63 heavy (non-hydrogen) atoms.